The molecule has 2 amide bonds. The summed E-state index contributed by atoms with van der Waals surface area (Å²) >= 11 is 5.79. The molecule has 0 unspecified atom stereocenters. The molecule has 0 spiro atoms. The maximum Gasteiger partial charge on any atom is 0.335 e. The summed E-state index contributed by atoms with van der Waals surface area (Å²) < 4.78 is 5.17. The summed E-state index contributed by atoms with van der Waals surface area (Å²) in [5.74, 6) is -1.11. The number of rotatable bonds is 5. The number of halogens is 1. The molecule has 0 fully saturated rings. The number of carbonyl (C=O) groups is 2. The number of hydrogen-bond acceptors (Lipinski definition) is 3. The molecule has 1 aromatic rings. The van der Waals surface area contributed by atoms with Crippen LogP contribution in [0.15, 0.2) is 18.2 Å². The van der Waals surface area contributed by atoms with Crippen LogP contribution in [0.4, 0.5) is 10.5 Å². The van der Waals surface area contributed by atoms with Crippen LogP contribution in [-0.2, 0) is 4.74 Å². The van der Waals surface area contributed by atoms with Gasteiger partial charge in [-0.1, -0.05) is 11.6 Å². The maximum absolute atomic E-state index is 11.7. The summed E-state index contributed by atoms with van der Waals surface area (Å²) in [5.41, 5.74) is -0.176. The Morgan fingerprint density at radius 1 is 1.35 bits per heavy atom. The van der Waals surface area contributed by atoms with Crippen molar-refractivity contribution in [1.82, 2.24) is 5.32 Å². The normalized spacial score (nSPS) is 11.0. The van der Waals surface area contributed by atoms with E-state index in [9.17, 15) is 9.59 Å². The van der Waals surface area contributed by atoms with Gasteiger partial charge in [0.05, 0.1) is 11.2 Å². The molecule has 3 N–H and O–H groups in total. The molecular weight excluding hydrogens is 284 g/mol. The van der Waals surface area contributed by atoms with Crippen molar-refractivity contribution in [2.24, 2.45) is 0 Å². The first-order valence-corrected chi connectivity index (χ1v) is 6.25. The molecule has 0 bridgehead atoms. The average molecular weight is 301 g/mol. The topological polar surface area (TPSA) is 87.7 Å². The van der Waals surface area contributed by atoms with Crippen LogP contribution in [0.1, 0.15) is 24.2 Å². The molecule has 0 aliphatic heterocycles. The molecule has 1 rings (SSSR count). The van der Waals surface area contributed by atoms with Crippen molar-refractivity contribution in [3.8, 4) is 0 Å². The molecule has 0 saturated heterocycles. The highest BCUT2D eigenvalue weighted by molar-refractivity contribution is 6.31. The van der Waals surface area contributed by atoms with Gasteiger partial charge >= 0.3 is 12.0 Å². The van der Waals surface area contributed by atoms with E-state index in [1.54, 1.807) is 7.11 Å². The fourth-order valence-electron chi connectivity index (χ4n) is 1.33. The Morgan fingerprint density at radius 2 is 2.00 bits per heavy atom. The van der Waals surface area contributed by atoms with E-state index in [-0.39, 0.29) is 10.6 Å². The lowest BCUT2D eigenvalue weighted by Gasteiger charge is -2.23. The summed E-state index contributed by atoms with van der Waals surface area (Å²) in [6.07, 6.45) is 0. The third-order valence-electron chi connectivity index (χ3n) is 2.63. The van der Waals surface area contributed by atoms with E-state index < -0.39 is 17.6 Å². The number of benzene rings is 1. The Kier molecular flexibility index (Phi) is 5.35. The number of nitrogens with one attached hydrogen (secondary N) is 2. The number of carbonyl (C=O) groups excluding carboxylic acids is 1. The van der Waals surface area contributed by atoms with Gasteiger partial charge < -0.3 is 20.5 Å². The zero-order valence-corrected chi connectivity index (χ0v) is 12.2. The SMILES string of the molecule is COC(C)(C)CNC(=O)Nc1cc(Cl)cc(C(=O)O)c1. The van der Waals surface area contributed by atoms with Crippen LogP contribution in [0.5, 0.6) is 0 Å². The van der Waals surface area contributed by atoms with Crippen LogP contribution >= 0.6 is 11.6 Å². The summed E-state index contributed by atoms with van der Waals surface area (Å²) in [7, 11) is 1.55. The van der Waals surface area contributed by atoms with E-state index >= 15 is 0 Å². The second kappa shape index (κ2) is 6.58. The lowest BCUT2D eigenvalue weighted by atomic mass is 10.1. The Balaban J connectivity index is 2.69. The zero-order valence-electron chi connectivity index (χ0n) is 11.5. The minimum absolute atomic E-state index is 0.00465. The molecule has 0 aliphatic rings. The van der Waals surface area contributed by atoms with E-state index in [1.165, 1.54) is 18.2 Å². The van der Waals surface area contributed by atoms with Crippen LogP contribution in [0.3, 0.4) is 0 Å². The van der Waals surface area contributed by atoms with Gasteiger partial charge in [-0.05, 0) is 32.0 Å². The van der Waals surface area contributed by atoms with E-state index in [0.717, 1.165) is 0 Å². The zero-order chi connectivity index (χ0) is 15.3. The van der Waals surface area contributed by atoms with Gasteiger partial charge in [0.15, 0.2) is 0 Å². The Bertz CT molecular complexity index is 517. The summed E-state index contributed by atoms with van der Waals surface area (Å²) in [6.45, 7) is 3.96. The third kappa shape index (κ3) is 5.07. The molecule has 0 heterocycles. The van der Waals surface area contributed by atoms with Crippen molar-refractivity contribution in [1.29, 1.82) is 0 Å². The second-order valence-electron chi connectivity index (χ2n) is 4.81. The number of hydrogen-bond donors (Lipinski definition) is 3. The molecule has 1 aromatic carbocycles. The Morgan fingerprint density at radius 3 is 2.55 bits per heavy atom. The summed E-state index contributed by atoms with van der Waals surface area (Å²) in [4.78, 5) is 22.6. The Hall–Kier alpha value is -1.79. The highest BCUT2D eigenvalue weighted by atomic mass is 35.5. The van der Waals surface area contributed by atoms with E-state index in [2.05, 4.69) is 10.6 Å². The molecule has 6 nitrogen and oxygen atoms in total. The molecule has 7 heteroatoms. The van der Waals surface area contributed by atoms with Gasteiger partial charge in [0, 0.05) is 24.4 Å². The molecule has 0 radical (unpaired) electrons. The highest BCUT2D eigenvalue weighted by Crippen LogP contribution is 2.19. The van der Waals surface area contributed by atoms with E-state index in [4.69, 9.17) is 21.4 Å². The van der Waals surface area contributed by atoms with Gasteiger partial charge in [-0.3, -0.25) is 0 Å². The number of urea groups is 1. The van der Waals surface area contributed by atoms with Crippen LogP contribution in [0.25, 0.3) is 0 Å². The lowest BCUT2D eigenvalue weighted by Crippen LogP contribution is -2.41. The van der Waals surface area contributed by atoms with Gasteiger partial charge in [0.1, 0.15) is 0 Å². The second-order valence-corrected chi connectivity index (χ2v) is 5.24. The van der Waals surface area contributed by atoms with Crippen LogP contribution in [0, 0.1) is 0 Å². The third-order valence-corrected chi connectivity index (χ3v) is 2.85. The fraction of sp³-hybridized carbons (Fsp3) is 0.385. The van der Waals surface area contributed by atoms with E-state index in [1.807, 2.05) is 13.8 Å². The largest absolute Gasteiger partial charge is 0.478 e. The number of methoxy groups -OCH3 is 1. The molecule has 0 atom stereocenters. The molecular formula is C13H17ClN2O4. The first-order chi connectivity index (χ1) is 9.23. The number of ether oxygens (including phenoxy) is 1. The monoisotopic (exact) mass is 300 g/mol. The van der Waals surface area contributed by atoms with Gasteiger partial charge in [0.25, 0.3) is 0 Å². The Labute approximate surface area is 122 Å². The molecule has 0 saturated carbocycles. The fourth-order valence-corrected chi connectivity index (χ4v) is 1.56. The number of amides is 2. The van der Waals surface area contributed by atoms with Crippen molar-refractivity contribution in [2.75, 3.05) is 19.0 Å². The smallest absolute Gasteiger partial charge is 0.335 e. The quantitative estimate of drug-likeness (QED) is 0.780. The van der Waals surface area contributed by atoms with Crippen molar-refractivity contribution in [2.45, 2.75) is 19.4 Å². The minimum Gasteiger partial charge on any atom is -0.478 e. The number of carboxylic acids is 1. The molecule has 20 heavy (non-hydrogen) atoms. The van der Waals surface area contributed by atoms with Crippen LogP contribution in [0.2, 0.25) is 5.02 Å². The van der Waals surface area contributed by atoms with Crippen molar-refractivity contribution < 1.29 is 19.4 Å². The minimum atomic E-state index is -1.11. The number of aromatic carboxylic acids is 1. The average Bonchev–Trinajstić information content (AvgIpc) is 2.36. The summed E-state index contributed by atoms with van der Waals surface area (Å²) in [6, 6.07) is 3.64. The van der Waals surface area contributed by atoms with Gasteiger partial charge in [-0.15, -0.1) is 0 Å². The lowest BCUT2D eigenvalue weighted by molar-refractivity contribution is 0.0257. The van der Waals surface area contributed by atoms with Crippen molar-refractivity contribution >= 4 is 29.3 Å². The first-order valence-electron chi connectivity index (χ1n) is 5.87. The number of anilines is 1. The van der Waals surface area contributed by atoms with Crippen molar-refractivity contribution in [3.05, 3.63) is 28.8 Å². The highest BCUT2D eigenvalue weighted by Gasteiger charge is 2.17. The maximum atomic E-state index is 11.7. The predicted octanol–water partition coefficient (Wildman–Crippen LogP) is 2.58. The van der Waals surface area contributed by atoms with E-state index in [0.29, 0.717) is 12.2 Å². The number of carboxylic acid groups (broad SMARTS) is 1. The predicted molar refractivity (Wildman–Crippen MR) is 76.5 cm³/mol. The molecule has 0 aromatic heterocycles. The van der Waals surface area contributed by atoms with Crippen LogP contribution < -0.4 is 10.6 Å². The van der Waals surface area contributed by atoms with Crippen molar-refractivity contribution in [3.63, 3.8) is 0 Å². The van der Waals surface area contributed by atoms with Gasteiger partial charge in [0.2, 0.25) is 0 Å². The summed E-state index contributed by atoms with van der Waals surface area (Å²) in [5, 5.41) is 14.3. The molecule has 110 valence electrons. The standard InChI is InChI=1S/C13H17ClN2O4/c1-13(2,20-3)7-15-12(19)16-10-5-8(11(17)18)4-9(14)6-10/h4-6H,7H2,1-3H3,(H,17,18)(H2,15,16,19). The van der Waals surface area contributed by atoms with Gasteiger partial charge in [-0.25, -0.2) is 9.59 Å². The van der Waals surface area contributed by atoms with Gasteiger partial charge in [-0.2, -0.15) is 0 Å². The molecule has 0 aliphatic carbocycles. The van der Waals surface area contributed by atoms with Crippen LogP contribution in [-0.4, -0.2) is 36.4 Å². The first kappa shape index (κ1) is 16.3.